The van der Waals surface area contributed by atoms with E-state index in [0.717, 1.165) is 37.6 Å². The Bertz CT molecular complexity index is 448. The highest BCUT2D eigenvalue weighted by Crippen LogP contribution is 2.37. The first kappa shape index (κ1) is 15.0. The summed E-state index contributed by atoms with van der Waals surface area (Å²) in [5, 5.41) is 7.68. The molecule has 1 N–H and O–H groups in total. The molecular formula is C16H27N3O2. The lowest BCUT2D eigenvalue weighted by Gasteiger charge is -2.27. The molecule has 2 aliphatic rings. The van der Waals surface area contributed by atoms with Crippen LogP contribution in [-0.4, -0.2) is 30.3 Å². The number of hydrogen-bond donors (Lipinski definition) is 1. The predicted molar refractivity (Wildman–Crippen MR) is 80.1 cm³/mol. The van der Waals surface area contributed by atoms with E-state index in [9.17, 15) is 0 Å². The third-order valence-corrected chi connectivity index (χ3v) is 5.40. The van der Waals surface area contributed by atoms with Gasteiger partial charge in [-0.15, -0.1) is 0 Å². The Labute approximate surface area is 126 Å². The van der Waals surface area contributed by atoms with Gasteiger partial charge in [0.2, 0.25) is 11.7 Å². The summed E-state index contributed by atoms with van der Waals surface area (Å²) in [6.45, 7) is 4.17. The summed E-state index contributed by atoms with van der Waals surface area (Å²) in [4.78, 5) is 4.74. The van der Waals surface area contributed by atoms with Gasteiger partial charge >= 0.3 is 0 Å². The summed E-state index contributed by atoms with van der Waals surface area (Å²) in [5.74, 6) is 2.08. The van der Waals surface area contributed by atoms with E-state index in [-0.39, 0.29) is 11.5 Å². The van der Waals surface area contributed by atoms with Crippen molar-refractivity contribution in [3.8, 4) is 0 Å². The standard InChI is InChI=1S/C16H27N3O2/c1-3-16(9-10-17-11-16)15-18-14(19-21-15)13(20-2)12-7-5-4-6-8-12/h12-13,17H,3-11H2,1-2H3. The number of nitrogens with one attached hydrogen (secondary N) is 1. The van der Waals surface area contributed by atoms with Crippen LogP contribution in [0.3, 0.4) is 0 Å². The summed E-state index contributed by atoms with van der Waals surface area (Å²) in [7, 11) is 1.77. The first-order valence-electron chi connectivity index (χ1n) is 8.36. The summed E-state index contributed by atoms with van der Waals surface area (Å²) < 4.78 is 11.4. The molecule has 118 valence electrons. The minimum absolute atomic E-state index is 0.00827. The van der Waals surface area contributed by atoms with Crippen molar-refractivity contribution in [1.29, 1.82) is 0 Å². The average Bonchev–Trinajstić information content (AvgIpc) is 3.19. The highest BCUT2D eigenvalue weighted by atomic mass is 16.5. The first-order valence-corrected chi connectivity index (χ1v) is 8.36. The van der Waals surface area contributed by atoms with Gasteiger partial charge in [0, 0.05) is 13.7 Å². The van der Waals surface area contributed by atoms with E-state index in [2.05, 4.69) is 17.4 Å². The number of aromatic nitrogens is 2. The Morgan fingerprint density at radius 2 is 2.19 bits per heavy atom. The third-order valence-electron chi connectivity index (χ3n) is 5.40. The van der Waals surface area contributed by atoms with E-state index in [0.29, 0.717) is 5.92 Å². The van der Waals surface area contributed by atoms with Crippen LogP contribution < -0.4 is 5.32 Å². The molecule has 0 aromatic carbocycles. The van der Waals surface area contributed by atoms with Gasteiger partial charge < -0.3 is 14.6 Å². The fourth-order valence-corrected chi connectivity index (χ4v) is 3.89. The zero-order chi connectivity index (χ0) is 14.7. The van der Waals surface area contributed by atoms with Crippen molar-refractivity contribution in [2.75, 3.05) is 20.2 Å². The maximum absolute atomic E-state index is 5.72. The number of hydrogen-bond acceptors (Lipinski definition) is 5. The molecule has 2 fully saturated rings. The van der Waals surface area contributed by atoms with E-state index in [1.165, 1.54) is 32.1 Å². The zero-order valence-electron chi connectivity index (χ0n) is 13.2. The fourth-order valence-electron chi connectivity index (χ4n) is 3.89. The molecule has 0 spiro atoms. The predicted octanol–water partition coefficient (Wildman–Crippen LogP) is 2.98. The van der Waals surface area contributed by atoms with Crippen molar-refractivity contribution in [3.05, 3.63) is 11.7 Å². The lowest BCUT2D eigenvalue weighted by atomic mass is 9.83. The molecule has 1 aliphatic carbocycles. The number of nitrogens with zero attached hydrogens (tertiary/aromatic N) is 2. The average molecular weight is 293 g/mol. The fraction of sp³-hybridized carbons (Fsp3) is 0.875. The SMILES string of the molecule is CCC1(c2nc(C(OC)C3CCCCC3)no2)CCNC1. The maximum Gasteiger partial charge on any atom is 0.234 e. The molecule has 1 saturated heterocycles. The van der Waals surface area contributed by atoms with Crippen LogP contribution in [0.4, 0.5) is 0 Å². The Kier molecular flexibility index (Phi) is 4.60. The van der Waals surface area contributed by atoms with Gasteiger partial charge in [0.15, 0.2) is 0 Å². The molecule has 2 unspecified atom stereocenters. The topological polar surface area (TPSA) is 60.2 Å². The van der Waals surface area contributed by atoms with Crippen LogP contribution in [0.1, 0.15) is 69.7 Å². The van der Waals surface area contributed by atoms with Crippen LogP contribution >= 0.6 is 0 Å². The Morgan fingerprint density at radius 3 is 2.81 bits per heavy atom. The van der Waals surface area contributed by atoms with Crippen LogP contribution in [0, 0.1) is 5.92 Å². The quantitative estimate of drug-likeness (QED) is 0.904. The van der Waals surface area contributed by atoms with Gasteiger partial charge in [0.1, 0.15) is 6.10 Å². The Morgan fingerprint density at radius 1 is 1.38 bits per heavy atom. The second kappa shape index (κ2) is 6.44. The third kappa shape index (κ3) is 2.86. The molecule has 2 heterocycles. The summed E-state index contributed by atoms with van der Waals surface area (Å²) in [6.07, 6.45) is 8.44. The molecule has 1 aliphatic heterocycles. The molecule has 0 amide bonds. The smallest absolute Gasteiger partial charge is 0.234 e. The number of methoxy groups -OCH3 is 1. The van der Waals surface area contributed by atoms with Crippen molar-refractivity contribution < 1.29 is 9.26 Å². The highest BCUT2D eigenvalue weighted by molar-refractivity contribution is 5.10. The van der Waals surface area contributed by atoms with Crippen molar-refractivity contribution in [2.45, 2.75) is 63.4 Å². The van der Waals surface area contributed by atoms with Gasteiger partial charge in [-0.2, -0.15) is 4.98 Å². The highest BCUT2D eigenvalue weighted by Gasteiger charge is 2.40. The molecule has 2 atom stereocenters. The second-order valence-electron chi connectivity index (χ2n) is 6.57. The molecule has 0 bridgehead atoms. The molecule has 1 aromatic rings. The van der Waals surface area contributed by atoms with E-state index >= 15 is 0 Å². The Hall–Kier alpha value is -0.940. The molecule has 1 aromatic heterocycles. The van der Waals surface area contributed by atoms with E-state index < -0.39 is 0 Å². The van der Waals surface area contributed by atoms with Gasteiger partial charge in [-0.05, 0) is 38.1 Å². The van der Waals surface area contributed by atoms with Crippen LogP contribution in [0.5, 0.6) is 0 Å². The van der Waals surface area contributed by atoms with Crippen molar-refractivity contribution >= 4 is 0 Å². The van der Waals surface area contributed by atoms with E-state index in [1.54, 1.807) is 7.11 Å². The van der Waals surface area contributed by atoms with Crippen LogP contribution in [0.25, 0.3) is 0 Å². The monoisotopic (exact) mass is 293 g/mol. The minimum atomic E-state index is -0.00827. The van der Waals surface area contributed by atoms with Crippen molar-refractivity contribution in [3.63, 3.8) is 0 Å². The van der Waals surface area contributed by atoms with Crippen molar-refractivity contribution in [1.82, 2.24) is 15.5 Å². The van der Waals surface area contributed by atoms with Crippen LogP contribution in [0.15, 0.2) is 4.52 Å². The van der Waals surface area contributed by atoms with Gasteiger partial charge in [-0.1, -0.05) is 31.3 Å². The van der Waals surface area contributed by atoms with Crippen LogP contribution in [-0.2, 0) is 10.2 Å². The van der Waals surface area contributed by atoms with Gasteiger partial charge in [0.05, 0.1) is 5.41 Å². The summed E-state index contributed by atoms with van der Waals surface area (Å²) >= 11 is 0. The van der Waals surface area contributed by atoms with Gasteiger partial charge in [0.25, 0.3) is 0 Å². The molecular weight excluding hydrogens is 266 g/mol. The molecule has 21 heavy (non-hydrogen) atoms. The van der Waals surface area contributed by atoms with Crippen molar-refractivity contribution in [2.24, 2.45) is 5.92 Å². The molecule has 5 nitrogen and oxygen atoms in total. The lowest BCUT2D eigenvalue weighted by molar-refractivity contribution is 0.0273. The Balaban J connectivity index is 1.79. The van der Waals surface area contributed by atoms with Gasteiger partial charge in [-0.3, -0.25) is 0 Å². The van der Waals surface area contributed by atoms with E-state index in [1.807, 2.05) is 0 Å². The maximum atomic E-state index is 5.72. The largest absolute Gasteiger partial charge is 0.373 e. The first-order chi connectivity index (χ1) is 10.3. The lowest BCUT2D eigenvalue weighted by Crippen LogP contribution is -2.28. The molecule has 1 saturated carbocycles. The second-order valence-corrected chi connectivity index (χ2v) is 6.57. The summed E-state index contributed by atoms with van der Waals surface area (Å²) in [5.41, 5.74) is 0.0239. The molecule has 0 radical (unpaired) electrons. The van der Waals surface area contributed by atoms with E-state index in [4.69, 9.17) is 14.2 Å². The number of ether oxygens (including phenoxy) is 1. The van der Waals surface area contributed by atoms with Crippen LogP contribution in [0.2, 0.25) is 0 Å². The number of rotatable bonds is 5. The summed E-state index contributed by atoms with van der Waals surface area (Å²) in [6, 6.07) is 0. The molecule has 5 heteroatoms. The normalized spacial score (nSPS) is 28.9. The van der Waals surface area contributed by atoms with Gasteiger partial charge in [-0.25, -0.2) is 0 Å². The minimum Gasteiger partial charge on any atom is -0.373 e. The zero-order valence-corrected chi connectivity index (χ0v) is 13.2. The molecule has 3 rings (SSSR count).